The Bertz CT molecular complexity index is 540. The van der Waals surface area contributed by atoms with Crippen molar-refractivity contribution in [3.8, 4) is 11.4 Å². The zero-order valence-corrected chi connectivity index (χ0v) is 9.27. The van der Waals surface area contributed by atoms with Crippen LogP contribution in [0.5, 0.6) is 5.75 Å². The van der Waals surface area contributed by atoms with Gasteiger partial charge in [0.25, 0.3) is 0 Å². The maximum atomic E-state index is 7.37. The van der Waals surface area contributed by atoms with E-state index in [0.717, 1.165) is 17.0 Å². The van der Waals surface area contributed by atoms with Crippen molar-refractivity contribution in [3.63, 3.8) is 0 Å². The third kappa shape index (κ3) is 1.95. The van der Waals surface area contributed by atoms with Crippen molar-refractivity contribution < 1.29 is 4.74 Å². The van der Waals surface area contributed by atoms with Gasteiger partial charge in [-0.3, -0.25) is 5.41 Å². The largest absolute Gasteiger partial charge is 0.496 e. The van der Waals surface area contributed by atoms with Crippen LogP contribution in [0.2, 0.25) is 0 Å². The average molecular weight is 215 g/mol. The van der Waals surface area contributed by atoms with Gasteiger partial charge in [-0.15, -0.1) is 0 Å². The second-order valence-corrected chi connectivity index (χ2v) is 3.51. The van der Waals surface area contributed by atoms with Gasteiger partial charge in [0.15, 0.2) is 0 Å². The van der Waals surface area contributed by atoms with Crippen molar-refractivity contribution in [2.45, 2.75) is 6.92 Å². The molecule has 0 radical (unpaired) electrons. The molecule has 0 aliphatic rings. The Balaban J connectivity index is 2.48. The molecule has 0 saturated heterocycles. The van der Waals surface area contributed by atoms with E-state index in [1.165, 1.54) is 6.20 Å². The van der Waals surface area contributed by atoms with Gasteiger partial charge in [0, 0.05) is 12.3 Å². The molecule has 16 heavy (non-hydrogen) atoms. The molecular formula is C12H13N3O. The Morgan fingerprint density at radius 1 is 1.31 bits per heavy atom. The molecule has 1 heterocycles. The number of methoxy groups -OCH3 is 1. The molecule has 0 spiro atoms. The van der Waals surface area contributed by atoms with Crippen molar-refractivity contribution in [2.75, 3.05) is 7.11 Å². The Kier molecular flexibility index (Phi) is 2.72. The number of aromatic nitrogens is 2. The van der Waals surface area contributed by atoms with E-state index >= 15 is 0 Å². The predicted molar refractivity (Wildman–Crippen MR) is 60.7 cm³/mol. The molecule has 2 rings (SSSR count). The van der Waals surface area contributed by atoms with E-state index in [-0.39, 0.29) is 0 Å². The second kappa shape index (κ2) is 4.18. The first-order valence-corrected chi connectivity index (χ1v) is 4.95. The summed E-state index contributed by atoms with van der Waals surface area (Å²) in [6.07, 6.45) is 3.26. The van der Waals surface area contributed by atoms with Gasteiger partial charge in [0.2, 0.25) is 0 Å². The van der Waals surface area contributed by atoms with Gasteiger partial charge in [-0.2, -0.15) is 5.10 Å². The van der Waals surface area contributed by atoms with Crippen LogP contribution in [0, 0.1) is 12.3 Å². The van der Waals surface area contributed by atoms with Crippen LogP contribution in [0.3, 0.4) is 0 Å². The van der Waals surface area contributed by atoms with Gasteiger partial charge in [0.05, 0.1) is 24.4 Å². The third-order valence-electron chi connectivity index (χ3n) is 2.37. The third-order valence-corrected chi connectivity index (χ3v) is 2.37. The van der Waals surface area contributed by atoms with E-state index in [2.05, 4.69) is 5.10 Å². The lowest BCUT2D eigenvalue weighted by Crippen LogP contribution is -2.07. The van der Waals surface area contributed by atoms with E-state index in [4.69, 9.17) is 10.1 Å². The molecule has 0 atom stereocenters. The first-order chi connectivity index (χ1) is 7.70. The maximum absolute atomic E-state index is 7.37. The summed E-state index contributed by atoms with van der Waals surface area (Å²) in [5.74, 6) is 0.835. The molecule has 0 amide bonds. The van der Waals surface area contributed by atoms with Gasteiger partial charge < -0.3 is 4.74 Å². The van der Waals surface area contributed by atoms with E-state index < -0.39 is 0 Å². The number of ether oxygens (including phenoxy) is 1. The molecule has 2 aromatic rings. The van der Waals surface area contributed by atoms with Gasteiger partial charge >= 0.3 is 0 Å². The normalized spacial score (nSPS) is 10.1. The topological polar surface area (TPSA) is 50.9 Å². The fourth-order valence-electron chi connectivity index (χ4n) is 1.46. The van der Waals surface area contributed by atoms with Crippen LogP contribution in [0.15, 0.2) is 36.7 Å². The molecule has 4 nitrogen and oxygen atoms in total. The summed E-state index contributed by atoms with van der Waals surface area (Å²) in [5.41, 5.74) is 2.01. The van der Waals surface area contributed by atoms with Crippen molar-refractivity contribution >= 4 is 0 Å². The number of benzene rings is 1. The SMILES string of the molecule is COc1cc(-n2ccc(=N)cn2)ccc1C. The van der Waals surface area contributed by atoms with Crippen LogP contribution in [0.25, 0.3) is 5.69 Å². The molecule has 0 aliphatic carbocycles. The second-order valence-electron chi connectivity index (χ2n) is 3.51. The first-order valence-electron chi connectivity index (χ1n) is 4.95. The van der Waals surface area contributed by atoms with Crippen molar-refractivity contribution in [3.05, 3.63) is 47.6 Å². The Morgan fingerprint density at radius 3 is 2.75 bits per heavy atom. The highest BCUT2D eigenvalue weighted by Gasteiger charge is 2.01. The summed E-state index contributed by atoms with van der Waals surface area (Å²) in [7, 11) is 1.65. The summed E-state index contributed by atoms with van der Waals surface area (Å²) < 4.78 is 6.96. The van der Waals surface area contributed by atoms with Crippen LogP contribution < -0.4 is 10.1 Å². The van der Waals surface area contributed by atoms with Crippen LogP contribution in [0.1, 0.15) is 5.56 Å². The zero-order chi connectivity index (χ0) is 11.5. The maximum Gasteiger partial charge on any atom is 0.123 e. The quantitative estimate of drug-likeness (QED) is 0.828. The summed E-state index contributed by atoms with van der Waals surface area (Å²) in [6.45, 7) is 1.99. The number of nitrogens with one attached hydrogen (secondary N) is 1. The van der Waals surface area contributed by atoms with Crippen LogP contribution >= 0.6 is 0 Å². The number of nitrogens with zero attached hydrogens (tertiary/aromatic N) is 2. The zero-order valence-electron chi connectivity index (χ0n) is 9.27. The van der Waals surface area contributed by atoms with Crippen LogP contribution in [0.4, 0.5) is 0 Å². The molecule has 4 heteroatoms. The van der Waals surface area contributed by atoms with Crippen molar-refractivity contribution in [1.82, 2.24) is 9.78 Å². The lowest BCUT2D eigenvalue weighted by Gasteiger charge is -2.08. The number of rotatable bonds is 2. The fraction of sp³-hybridized carbons (Fsp3) is 0.167. The average Bonchev–Trinajstić information content (AvgIpc) is 2.31. The smallest absolute Gasteiger partial charge is 0.123 e. The molecule has 0 fully saturated rings. The van der Waals surface area contributed by atoms with Crippen LogP contribution in [-0.4, -0.2) is 16.9 Å². The Hall–Kier alpha value is -2.10. The summed E-state index contributed by atoms with van der Waals surface area (Å²) in [5, 5.41) is 11.9. The minimum Gasteiger partial charge on any atom is -0.496 e. The number of hydrogen-bond acceptors (Lipinski definition) is 3. The van der Waals surface area contributed by atoms with Crippen molar-refractivity contribution in [1.29, 1.82) is 5.41 Å². The molecule has 1 aromatic heterocycles. The van der Waals surface area contributed by atoms with E-state index in [1.807, 2.05) is 25.1 Å². The lowest BCUT2D eigenvalue weighted by atomic mass is 10.2. The molecular weight excluding hydrogens is 202 g/mol. The van der Waals surface area contributed by atoms with Gasteiger partial charge in [-0.05, 0) is 24.6 Å². The fourth-order valence-corrected chi connectivity index (χ4v) is 1.46. The van der Waals surface area contributed by atoms with Gasteiger partial charge in [-0.25, -0.2) is 4.68 Å². The van der Waals surface area contributed by atoms with Gasteiger partial charge in [0.1, 0.15) is 5.75 Å². The minimum absolute atomic E-state index is 0.398. The van der Waals surface area contributed by atoms with E-state index in [9.17, 15) is 0 Å². The first kappa shape index (κ1) is 10.4. The molecule has 1 aromatic carbocycles. The van der Waals surface area contributed by atoms with Crippen LogP contribution in [-0.2, 0) is 0 Å². The molecule has 0 unspecified atom stereocenters. The molecule has 82 valence electrons. The highest BCUT2D eigenvalue weighted by Crippen LogP contribution is 2.20. The standard InChI is InChI=1S/C12H13N3O/c1-9-3-4-11(7-12(9)16-2)15-6-5-10(13)8-14-15/h3-8,13H,1-2H3. The molecule has 0 aliphatic heterocycles. The molecule has 0 saturated carbocycles. The predicted octanol–water partition coefficient (Wildman–Crippen LogP) is 1.67. The summed E-state index contributed by atoms with van der Waals surface area (Å²) >= 11 is 0. The highest BCUT2D eigenvalue weighted by atomic mass is 16.5. The molecule has 1 N–H and O–H groups in total. The Morgan fingerprint density at radius 2 is 2.12 bits per heavy atom. The van der Waals surface area contributed by atoms with Crippen molar-refractivity contribution in [2.24, 2.45) is 0 Å². The lowest BCUT2D eigenvalue weighted by molar-refractivity contribution is 0.411. The number of hydrogen-bond donors (Lipinski definition) is 1. The minimum atomic E-state index is 0.398. The van der Waals surface area contributed by atoms with Gasteiger partial charge in [-0.1, -0.05) is 6.07 Å². The number of aryl methyl sites for hydroxylation is 1. The summed E-state index contributed by atoms with van der Waals surface area (Å²) in [4.78, 5) is 0. The highest BCUT2D eigenvalue weighted by molar-refractivity contribution is 5.43. The molecule has 0 bridgehead atoms. The summed E-state index contributed by atoms with van der Waals surface area (Å²) in [6, 6.07) is 7.57. The van der Waals surface area contributed by atoms with E-state index in [0.29, 0.717) is 5.36 Å². The monoisotopic (exact) mass is 215 g/mol. The Labute approximate surface area is 93.6 Å². The van der Waals surface area contributed by atoms with E-state index in [1.54, 1.807) is 24.1 Å².